The molecule has 1 aromatic heterocycles. The summed E-state index contributed by atoms with van der Waals surface area (Å²) in [5, 5.41) is 0. The molecule has 1 amide bonds. The monoisotopic (exact) mass is 372 g/mol. The van der Waals surface area contributed by atoms with E-state index < -0.39 is 0 Å². The maximum atomic E-state index is 12.4. The highest BCUT2D eigenvalue weighted by molar-refractivity contribution is 8.26. The number of ether oxygens (including phenoxy) is 1. The van der Waals surface area contributed by atoms with Crippen LogP contribution in [0.2, 0.25) is 0 Å². The zero-order valence-corrected chi connectivity index (χ0v) is 16.3. The summed E-state index contributed by atoms with van der Waals surface area (Å²) in [5.74, 6) is 0.821. The van der Waals surface area contributed by atoms with E-state index in [2.05, 4.69) is 24.5 Å². The van der Waals surface area contributed by atoms with Crippen molar-refractivity contribution < 1.29 is 9.53 Å². The van der Waals surface area contributed by atoms with Crippen molar-refractivity contribution in [2.45, 2.75) is 20.8 Å². The molecule has 1 aliphatic heterocycles. The standard InChI is InChI=1S/C19H20N2O2S2/c1-5-20-18(22)17(25-19(20)24)11-14-10-12(2)21(13(14)3)15-6-8-16(23-4)9-7-15/h6-11H,5H2,1-4H3/b17-11+. The molecule has 0 radical (unpaired) electrons. The molecule has 1 fully saturated rings. The van der Waals surface area contributed by atoms with E-state index in [-0.39, 0.29) is 5.91 Å². The number of hydrogen-bond donors (Lipinski definition) is 0. The maximum absolute atomic E-state index is 12.4. The number of carbonyl (C=O) groups is 1. The highest BCUT2D eigenvalue weighted by atomic mass is 32.2. The molecule has 130 valence electrons. The Balaban J connectivity index is 1.99. The Morgan fingerprint density at radius 2 is 1.92 bits per heavy atom. The lowest BCUT2D eigenvalue weighted by Crippen LogP contribution is -2.27. The molecule has 4 nitrogen and oxygen atoms in total. The Morgan fingerprint density at radius 3 is 2.48 bits per heavy atom. The van der Waals surface area contributed by atoms with Crippen LogP contribution in [0.1, 0.15) is 23.9 Å². The van der Waals surface area contributed by atoms with Crippen LogP contribution in [0.15, 0.2) is 35.2 Å². The normalized spacial score (nSPS) is 16.2. The molecule has 6 heteroatoms. The predicted octanol–water partition coefficient (Wildman–Crippen LogP) is 4.32. The van der Waals surface area contributed by atoms with E-state index in [9.17, 15) is 4.79 Å². The van der Waals surface area contributed by atoms with Gasteiger partial charge in [-0.25, -0.2) is 0 Å². The van der Waals surface area contributed by atoms with Crippen LogP contribution in [0.4, 0.5) is 0 Å². The van der Waals surface area contributed by atoms with E-state index in [0.29, 0.717) is 15.8 Å². The maximum Gasteiger partial charge on any atom is 0.266 e. The van der Waals surface area contributed by atoms with E-state index in [1.807, 2.05) is 37.3 Å². The number of rotatable bonds is 4. The highest BCUT2D eigenvalue weighted by Crippen LogP contribution is 2.33. The lowest BCUT2D eigenvalue weighted by molar-refractivity contribution is -0.121. The zero-order valence-electron chi connectivity index (χ0n) is 14.7. The van der Waals surface area contributed by atoms with Gasteiger partial charge in [0, 0.05) is 23.6 Å². The molecule has 0 saturated carbocycles. The summed E-state index contributed by atoms with van der Waals surface area (Å²) >= 11 is 6.65. The number of aryl methyl sites for hydroxylation is 1. The first-order valence-electron chi connectivity index (χ1n) is 8.05. The molecule has 2 aromatic rings. The molecule has 0 aliphatic carbocycles. The molecule has 0 atom stereocenters. The number of benzene rings is 1. The third kappa shape index (κ3) is 3.24. The minimum Gasteiger partial charge on any atom is -0.497 e. The Labute approximate surface area is 157 Å². The molecular formula is C19H20N2O2S2. The van der Waals surface area contributed by atoms with Crippen molar-refractivity contribution in [3.05, 3.63) is 52.2 Å². The first-order chi connectivity index (χ1) is 12.0. The van der Waals surface area contributed by atoms with Gasteiger partial charge in [-0.2, -0.15) is 0 Å². The van der Waals surface area contributed by atoms with Crippen molar-refractivity contribution in [3.63, 3.8) is 0 Å². The lowest BCUT2D eigenvalue weighted by atomic mass is 10.2. The largest absolute Gasteiger partial charge is 0.497 e. The Bertz CT molecular complexity index is 866. The summed E-state index contributed by atoms with van der Waals surface area (Å²) in [4.78, 5) is 14.7. The fourth-order valence-electron chi connectivity index (χ4n) is 2.98. The average Bonchev–Trinajstić information content (AvgIpc) is 3.03. The number of amides is 1. The minimum atomic E-state index is -0.00764. The molecule has 0 unspecified atom stereocenters. The van der Waals surface area contributed by atoms with Crippen LogP contribution in [-0.4, -0.2) is 33.3 Å². The van der Waals surface area contributed by atoms with Crippen LogP contribution >= 0.6 is 24.0 Å². The highest BCUT2D eigenvalue weighted by Gasteiger charge is 2.30. The van der Waals surface area contributed by atoms with Crippen molar-refractivity contribution in [1.82, 2.24) is 9.47 Å². The SMILES string of the molecule is CCN1C(=O)/C(=C\c2cc(C)n(-c3ccc(OC)cc3)c2C)SC1=S. The van der Waals surface area contributed by atoms with Crippen molar-refractivity contribution in [2.75, 3.05) is 13.7 Å². The van der Waals surface area contributed by atoms with Crippen LogP contribution < -0.4 is 4.74 Å². The summed E-state index contributed by atoms with van der Waals surface area (Å²) in [6.07, 6.45) is 1.94. The van der Waals surface area contributed by atoms with Gasteiger partial charge in [0.25, 0.3) is 5.91 Å². The topological polar surface area (TPSA) is 34.5 Å². The van der Waals surface area contributed by atoms with E-state index in [1.165, 1.54) is 11.8 Å². The van der Waals surface area contributed by atoms with Crippen LogP contribution in [0.3, 0.4) is 0 Å². The van der Waals surface area contributed by atoms with Gasteiger partial charge in [0.15, 0.2) is 0 Å². The van der Waals surface area contributed by atoms with Gasteiger partial charge >= 0.3 is 0 Å². The number of thiocarbonyl (C=S) groups is 1. The van der Waals surface area contributed by atoms with Crippen LogP contribution in [0.5, 0.6) is 5.75 Å². The molecule has 0 spiro atoms. The smallest absolute Gasteiger partial charge is 0.266 e. The number of methoxy groups -OCH3 is 1. The number of aromatic nitrogens is 1. The number of nitrogens with zero attached hydrogens (tertiary/aromatic N) is 2. The fraction of sp³-hybridized carbons (Fsp3) is 0.263. The Hall–Kier alpha value is -2.05. The molecule has 2 heterocycles. The number of hydrogen-bond acceptors (Lipinski definition) is 4. The van der Waals surface area contributed by atoms with E-state index in [0.717, 1.165) is 28.4 Å². The van der Waals surface area contributed by atoms with Gasteiger partial charge in [-0.1, -0.05) is 24.0 Å². The van der Waals surface area contributed by atoms with Gasteiger partial charge in [0.2, 0.25) is 0 Å². The molecular weight excluding hydrogens is 352 g/mol. The van der Waals surface area contributed by atoms with Crippen LogP contribution in [-0.2, 0) is 4.79 Å². The van der Waals surface area contributed by atoms with Gasteiger partial charge in [-0.05, 0) is 62.7 Å². The summed E-state index contributed by atoms with van der Waals surface area (Å²) < 4.78 is 8.03. The summed E-state index contributed by atoms with van der Waals surface area (Å²) in [6.45, 7) is 6.66. The molecule has 0 N–H and O–H groups in total. The van der Waals surface area contributed by atoms with Gasteiger partial charge in [0.1, 0.15) is 10.1 Å². The second kappa shape index (κ2) is 7.06. The Morgan fingerprint density at radius 1 is 1.24 bits per heavy atom. The van der Waals surface area contributed by atoms with Crippen molar-refractivity contribution >= 4 is 40.3 Å². The first kappa shape index (κ1) is 17.8. The number of thioether (sulfide) groups is 1. The van der Waals surface area contributed by atoms with E-state index >= 15 is 0 Å². The fourth-order valence-corrected chi connectivity index (χ4v) is 4.35. The van der Waals surface area contributed by atoms with Gasteiger partial charge < -0.3 is 9.30 Å². The molecule has 1 aromatic carbocycles. The quantitative estimate of drug-likeness (QED) is 0.591. The van der Waals surface area contributed by atoms with Crippen LogP contribution in [0.25, 0.3) is 11.8 Å². The molecule has 1 aliphatic rings. The second-order valence-electron chi connectivity index (χ2n) is 5.79. The minimum absolute atomic E-state index is 0.00764. The van der Waals surface area contributed by atoms with E-state index in [1.54, 1.807) is 12.0 Å². The average molecular weight is 373 g/mol. The second-order valence-corrected chi connectivity index (χ2v) is 7.46. The molecule has 3 rings (SSSR count). The van der Waals surface area contributed by atoms with Crippen molar-refractivity contribution in [2.24, 2.45) is 0 Å². The summed E-state index contributed by atoms with van der Waals surface area (Å²) in [6, 6.07) is 10.0. The zero-order chi connectivity index (χ0) is 18.1. The predicted molar refractivity (Wildman–Crippen MR) is 107 cm³/mol. The van der Waals surface area contributed by atoms with Gasteiger partial charge in [-0.15, -0.1) is 0 Å². The molecule has 1 saturated heterocycles. The van der Waals surface area contributed by atoms with Gasteiger partial charge in [0.05, 0.1) is 12.0 Å². The third-order valence-electron chi connectivity index (χ3n) is 4.28. The van der Waals surface area contributed by atoms with Crippen LogP contribution in [0, 0.1) is 13.8 Å². The third-order valence-corrected chi connectivity index (χ3v) is 5.66. The lowest BCUT2D eigenvalue weighted by Gasteiger charge is -2.10. The van der Waals surface area contributed by atoms with E-state index in [4.69, 9.17) is 17.0 Å². The Kier molecular flexibility index (Phi) is 5.01. The number of likely N-dealkylation sites (N-methyl/N-ethyl adjacent to an activating group) is 1. The number of carbonyl (C=O) groups excluding carboxylic acids is 1. The summed E-state index contributed by atoms with van der Waals surface area (Å²) in [5.41, 5.74) is 4.30. The molecule has 25 heavy (non-hydrogen) atoms. The van der Waals surface area contributed by atoms with Gasteiger partial charge in [-0.3, -0.25) is 9.69 Å². The first-order valence-corrected chi connectivity index (χ1v) is 9.27. The summed E-state index contributed by atoms with van der Waals surface area (Å²) in [7, 11) is 1.66. The van der Waals surface area contributed by atoms with Crippen molar-refractivity contribution in [1.29, 1.82) is 0 Å². The molecule has 0 bridgehead atoms. The van der Waals surface area contributed by atoms with Crippen molar-refractivity contribution in [3.8, 4) is 11.4 Å².